The lowest BCUT2D eigenvalue weighted by atomic mass is 9.69. The third-order valence-corrected chi connectivity index (χ3v) is 5.86. The smallest absolute Gasteiger partial charge is 0.0992 e. The summed E-state index contributed by atoms with van der Waals surface area (Å²) in [5.41, 5.74) is 2.27. The van der Waals surface area contributed by atoms with Crippen molar-refractivity contribution in [2.45, 2.75) is 58.9 Å². The number of hydrogen-bond donors (Lipinski definition) is 1. The van der Waals surface area contributed by atoms with Crippen LogP contribution in [-0.4, -0.2) is 6.04 Å². The van der Waals surface area contributed by atoms with Gasteiger partial charge in [-0.1, -0.05) is 27.2 Å². The summed E-state index contributed by atoms with van der Waals surface area (Å²) in [4.78, 5) is 0. The van der Waals surface area contributed by atoms with Crippen molar-refractivity contribution in [1.82, 2.24) is 0 Å². The Bertz CT molecular complexity index is 523. The van der Waals surface area contributed by atoms with Crippen LogP contribution in [0.25, 0.3) is 0 Å². The van der Waals surface area contributed by atoms with Gasteiger partial charge in [0.2, 0.25) is 0 Å². The normalized spacial score (nSPS) is 22.6. The van der Waals surface area contributed by atoms with E-state index in [0.29, 0.717) is 17.0 Å². The summed E-state index contributed by atoms with van der Waals surface area (Å²) in [6, 6.07) is 8.49. The quantitative estimate of drug-likeness (QED) is 0.754. The highest BCUT2D eigenvalue weighted by molar-refractivity contribution is 9.10. The molecular weight excluding hydrogens is 324 g/mol. The van der Waals surface area contributed by atoms with E-state index >= 15 is 0 Å². The number of hydrogen-bond acceptors (Lipinski definition) is 2. The highest BCUT2D eigenvalue weighted by atomic mass is 79.9. The number of nitrogens with one attached hydrogen (secondary N) is 1. The summed E-state index contributed by atoms with van der Waals surface area (Å²) in [6.45, 7) is 7.11. The molecule has 21 heavy (non-hydrogen) atoms. The SMILES string of the molecule is CCC(C)(C)C1CCC(Nc2ccc(C#N)cc2Br)CC1. The highest BCUT2D eigenvalue weighted by Gasteiger charge is 2.31. The zero-order valence-corrected chi connectivity index (χ0v) is 14.8. The molecule has 3 heteroatoms. The average molecular weight is 349 g/mol. The number of nitriles is 1. The first kappa shape index (κ1) is 16.4. The monoisotopic (exact) mass is 348 g/mol. The van der Waals surface area contributed by atoms with Gasteiger partial charge in [-0.05, 0) is 71.1 Å². The second kappa shape index (κ2) is 6.83. The van der Waals surface area contributed by atoms with E-state index in [1.54, 1.807) is 0 Å². The molecule has 0 unspecified atom stereocenters. The average Bonchev–Trinajstić information content (AvgIpc) is 2.50. The molecule has 1 N–H and O–H groups in total. The largest absolute Gasteiger partial charge is 0.381 e. The molecular formula is C18H25BrN2. The Morgan fingerprint density at radius 3 is 2.48 bits per heavy atom. The van der Waals surface area contributed by atoms with Crippen LogP contribution in [0.3, 0.4) is 0 Å². The molecule has 0 radical (unpaired) electrons. The maximum Gasteiger partial charge on any atom is 0.0992 e. The Labute approximate surface area is 137 Å². The molecule has 1 aliphatic carbocycles. The topological polar surface area (TPSA) is 35.8 Å². The Balaban J connectivity index is 1.94. The fraction of sp³-hybridized carbons (Fsp3) is 0.611. The van der Waals surface area contributed by atoms with Gasteiger partial charge in [-0.25, -0.2) is 0 Å². The second-order valence-electron chi connectivity index (χ2n) is 6.84. The summed E-state index contributed by atoms with van der Waals surface area (Å²) in [7, 11) is 0. The minimum atomic E-state index is 0.472. The molecule has 0 heterocycles. The number of benzene rings is 1. The lowest BCUT2D eigenvalue weighted by molar-refractivity contribution is 0.147. The third-order valence-electron chi connectivity index (χ3n) is 5.20. The third kappa shape index (κ3) is 4.01. The highest BCUT2D eigenvalue weighted by Crippen LogP contribution is 2.41. The van der Waals surface area contributed by atoms with Crippen LogP contribution in [0, 0.1) is 22.7 Å². The van der Waals surface area contributed by atoms with Crippen molar-refractivity contribution in [2.24, 2.45) is 11.3 Å². The van der Waals surface area contributed by atoms with Gasteiger partial charge in [0.25, 0.3) is 0 Å². The van der Waals surface area contributed by atoms with Gasteiger partial charge in [-0.2, -0.15) is 5.26 Å². The summed E-state index contributed by atoms with van der Waals surface area (Å²) in [5.74, 6) is 0.852. The molecule has 2 rings (SSSR count). The van der Waals surface area contributed by atoms with Gasteiger partial charge in [0.05, 0.1) is 11.6 Å². The van der Waals surface area contributed by atoms with Crippen LogP contribution in [-0.2, 0) is 0 Å². The minimum absolute atomic E-state index is 0.472. The maximum atomic E-state index is 8.91. The molecule has 0 spiro atoms. The van der Waals surface area contributed by atoms with E-state index in [0.717, 1.165) is 16.1 Å². The number of halogens is 1. The molecule has 1 aromatic rings. The van der Waals surface area contributed by atoms with Crippen LogP contribution in [0.5, 0.6) is 0 Å². The van der Waals surface area contributed by atoms with Crippen molar-refractivity contribution >= 4 is 21.6 Å². The predicted octanol–water partition coefficient (Wildman–Crippen LogP) is 5.73. The number of anilines is 1. The molecule has 0 saturated heterocycles. The summed E-state index contributed by atoms with van der Waals surface area (Å²) in [6.07, 6.45) is 6.36. The first-order valence-electron chi connectivity index (χ1n) is 7.92. The van der Waals surface area contributed by atoms with Gasteiger partial charge in [0.1, 0.15) is 0 Å². The molecule has 0 bridgehead atoms. The first-order valence-corrected chi connectivity index (χ1v) is 8.71. The number of rotatable bonds is 4. The Kier molecular flexibility index (Phi) is 5.32. The van der Waals surface area contributed by atoms with Crippen molar-refractivity contribution in [1.29, 1.82) is 5.26 Å². The molecule has 1 fully saturated rings. The van der Waals surface area contributed by atoms with Crippen LogP contribution in [0.4, 0.5) is 5.69 Å². The van der Waals surface area contributed by atoms with Gasteiger partial charge >= 0.3 is 0 Å². The fourth-order valence-electron chi connectivity index (χ4n) is 3.23. The van der Waals surface area contributed by atoms with E-state index in [1.165, 1.54) is 32.1 Å². The molecule has 0 amide bonds. The molecule has 0 aromatic heterocycles. The van der Waals surface area contributed by atoms with Gasteiger partial charge in [-0.3, -0.25) is 0 Å². The van der Waals surface area contributed by atoms with Crippen LogP contribution < -0.4 is 5.32 Å². The van der Waals surface area contributed by atoms with Crippen molar-refractivity contribution in [2.75, 3.05) is 5.32 Å². The van der Waals surface area contributed by atoms with Gasteiger partial charge in [0, 0.05) is 16.2 Å². The molecule has 1 aliphatic rings. The van der Waals surface area contributed by atoms with Gasteiger partial charge in [-0.15, -0.1) is 0 Å². The molecule has 1 aromatic carbocycles. The standard InChI is InChI=1S/C18H25BrN2/c1-4-18(2,3)14-6-8-15(9-7-14)21-17-10-5-13(12-20)11-16(17)19/h5,10-11,14-15,21H,4,6-9H2,1-3H3. The van der Waals surface area contributed by atoms with Crippen LogP contribution >= 0.6 is 15.9 Å². The Morgan fingerprint density at radius 1 is 1.29 bits per heavy atom. The van der Waals surface area contributed by atoms with E-state index in [9.17, 15) is 0 Å². The Hall–Kier alpha value is -1.01. The summed E-state index contributed by atoms with van der Waals surface area (Å²) in [5, 5.41) is 12.5. The van der Waals surface area contributed by atoms with Crippen LogP contribution in [0.1, 0.15) is 58.4 Å². The lowest BCUT2D eigenvalue weighted by Gasteiger charge is -2.39. The first-order chi connectivity index (χ1) is 9.96. The zero-order chi connectivity index (χ0) is 15.5. The molecule has 114 valence electrons. The van der Waals surface area contributed by atoms with E-state index < -0.39 is 0 Å². The predicted molar refractivity (Wildman–Crippen MR) is 92.3 cm³/mol. The van der Waals surface area contributed by atoms with E-state index in [4.69, 9.17) is 5.26 Å². The van der Waals surface area contributed by atoms with E-state index in [1.807, 2.05) is 18.2 Å². The zero-order valence-electron chi connectivity index (χ0n) is 13.2. The summed E-state index contributed by atoms with van der Waals surface area (Å²) < 4.78 is 0.984. The maximum absolute atomic E-state index is 8.91. The number of nitrogens with zero attached hydrogens (tertiary/aromatic N) is 1. The van der Waals surface area contributed by atoms with Crippen LogP contribution in [0.15, 0.2) is 22.7 Å². The van der Waals surface area contributed by atoms with Gasteiger partial charge in [0.15, 0.2) is 0 Å². The lowest BCUT2D eigenvalue weighted by Crippen LogP contribution is -2.32. The van der Waals surface area contributed by atoms with Crippen molar-refractivity contribution in [3.63, 3.8) is 0 Å². The fourth-order valence-corrected chi connectivity index (χ4v) is 3.72. The molecule has 1 saturated carbocycles. The van der Waals surface area contributed by atoms with Crippen molar-refractivity contribution < 1.29 is 0 Å². The Morgan fingerprint density at radius 2 is 1.95 bits per heavy atom. The summed E-state index contributed by atoms with van der Waals surface area (Å²) >= 11 is 3.56. The molecule has 0 atom stereocenters. The van der Waals surface area contributed by atoms with E-state index in [-0.39, 0.29) is 0 Å². The molecule has 2 nitrogen and oxygen atoms in total. The van der Waals surface area contributed by atoms with Gasteiger partial charge < -0.3 is 5.32 Å². The van der Waals surface area contributed by atoms with Crippen molar-refractivity contribution in [3.05, 3.63) is 28.2 Å². The second-order valence-corrected chi connectivity index (χ2v) is 7.70. The minimum Gasteiger partial charge on any atom is -0.381 e. The van der Waals surface area contributed by atoms with Crippen molar-refractivity contribution in [3.8, 4) is 6.07 Å². The van der Waals surface area contributed by atoms with Crippen LogP contribution in [0.2, 0.25) is 0 Å². The van der Waals surface area contributed by atoms with E-state index in [2.05, 4.69) is 48.1 Å². The molecule has 0 aliphatic heterocycles.